The van der Waals surface area contributed by atoms with E-state index in [-0.39, 0.29) is 23.2 Å². The van der Waals surface area contributed by atoms with Gasteiger partial charge in [-0.2, -0.15) is 0 Å². The van der Waals surface area contributed by atoms with Crippen molar-refractivity contribution in [3.63, 3.8) is 0 Å². The van der Waals surface area contributed by atoms with Gasteiger partial charge in [-0.15, -0.1) is 5.16 Å². The number of rotatable bonds is 2. The number of hydrogen-bond acceptors (Lipinski definition) is 4. The molecule has 2 atom stereocenters. The van der Waals surface area contributed by atoms with Crippen molar-refractivity contribution >= 4 is 12.2 Å². The van der Waals surface area contributed by atoms with E-state index in [0.717, 1.165) is 0 Å². The Morgan fingerprint density at radius 3 is 2.67 bits per heavy atom. The van der Waals surface area contributed by atoms with Crippen LogP contribution >= 0.6 is 0 Å². The first kappa shape index (κ1) is 9.03. The third-order valence-electron chi connectivity index (χ3n) is 2.59. The van der Waals surface area contributed by atoms with Gasteiger partial charge in [0.1, 0.15) is 0 Å². The van der Waals surface area contributed by atoms with Crippen LogP contribution in [0.1, 0.15) is 13.8 Å². The Bertz CT molecular complexity index is 222. The van der Waals surface area contributed by atoms with E-state index in [1.165, 1.54) is 13.3 Å². The maximum Gasteiger partial charge on any atom is 0.309 e. The molecule has 68 valence electrons. The molecule has 4 nitrogen and oxygen atoms in total. The van der Waals surface area contributed by atoms with Gasteiger partial charge in [0.2, 0.25) is 0 Å². The second-order valence-corrected chi connectivity index (χ2v) is 3.61. The van der Waals surface area contributed by atoms with Gasteiger partial charge < -0.3 is 9.94 Å². The lowest BCUT2D eigenvalue weighted by Gasteiger charge is -1.98. The molecule has 0 heterocycles. The van der Waals surface area contributed by atoms with Crippen molar-refractivity contribution < 1.29 is 14.7 Å². The highest BCUT2D eigenvalue weighted by atomic mass is 16.5. The average Bonchev–Trinajstić information content (AvgIpc) is 2.53. The number of nitrogens with zero attached hydrogens (tertiary/aromatic N) is 1. The summed E-state index contributed by atoms with van der Waals surface area (Å²) >= 11 is 0. The van der Waals surface area contributed by atoms with Gasteiger partial charge in [0, 0.05) is 12.1 Å². The van der Waals surface area contributed by atoms with Crippen molar-refractivity contribution in [3.8, 4) is 0 Å². The van der Waals surface area contributed by atoms with E-state index in [2.05, 4.69) is 9.89 Å². The minimum atomic E-state index is -0.232. The fraction of sp³-hybridized carbons (Fsp3) is 0.750. The molecular weight excluding hydrogens is 158 g/mol. The van der Waals surface area contributed by atoms with Crippen LogP contribution in [0.2, 0.25) is 0 Å². The fourth-order valence-electron chi connectivity index (χ4n) is 1.60. The summed E-state index contributed by atoms with van der Waals surface area (Å²) in [5.74, 6) is -0.377. The van der Waals surface area contributed by atoms with Crippen molar-refractivity contribution in [1.82, 2.24) is 0 Å². The Morgan fingerprint density at radius 1 is 1.67 bits per heavy atom. The number of hydrogen-bond donors (Lipinski definition) is 1. The third-order valence-corrected chi connectivity index (χ3v) is 2.59. The summed E-state index contributed by atoms with van der Waals surface area (Å²) in [6, 6.07) is 0. The highest BCUT2D eigenvalue weighted by Crippen LogP contribution is 2.57. The molecule has 12 heavy (non-hydrogen) atoms. The van der Waals surface area contributed by atoms with E-state index >= 15 is 0 Å². The molecule has 0 spiro atoms. The Hall–Kier alpha value is -1.06. The monoisotopic (exact) mass is 171 g/mol. The molecule has 0 amide bonds. The van der Waals surface area contributed by atoms with Crippen LogP contribution in [-0.2, 0) is 9.53 Å². The molecule has 1 saturated carbocycles. The zero-order valence-electron chi connectivity index (χ0n) is 7.44. The Labute approximate surface area is 71.2 Å². The van der Waals surface area contributed by atoms with Crippen LogP contribution < -0.4 is 0 Å². The van der Waals surface area contributed by atoms with Crippen molar-refractivity contribution in [1.29, 1.82) is 0 Å². The van der Waals surface area contributed by atoms with Gasteiger partial charge in [0.25, 0.3) is 0 Å². The van der Waals surface area contributed by atoms with E-state index in [9.17, 15) is 4.79 Å². The smallest absolute Gasteiger partial charge is 0.309 e. The maximum atomic E-state index is 11.1. The molecule has 0 aliphatic heterocycles. The highest BCUT2D eigenvalue weighted by Gasteiger charge is 2.62. The van der Waals surface area contributed by atoms with E-state index in [1.54, 1.807) is 0 Å². The minimum Gasteiger partial charge on any atom is -0.469 e. The van der Waals surface area contributed by atoms with Crippen molar-refractivity contribution in [2.75, 3.05) is 7.11 Å². The fourth-order valence-corrected chi connectivity index (χ4v) is 1.60. The third kappa shape index (κ3) is 1.17. The lowest BCUT2D eigenvalue weighted by molar-refractivity contribution is -0.143. The predicted molar refractivity (Wildman–Crippen MR) is 43.1 cm³/mol. The second-order valence-electron chi connectivity index (χ2n) is 3.61. The largest absolute Gasteiger partial charge is 0.469 e. The van der Waals surface area contributed by atoms with Crippen LogP contribution in [0.25, 0.3) is 0 Å². The van der Waals surface area contributed by atoms with Gasteiger partial charge >= 0.3 is 5.97 Å². The molecule has 1 aliphatic carbocycles. The number of ether oxygens (including phenoxy) is 1. The topological polar surface area (TPSA) is 58.9 Å². The summed E-state index contributed by atoms with van der Waals surface area (Å²) in [5, 5.41) is 11.2. The Morgan fingerprint density at radius 2 is 2.25 bits per heavy atom. The molecule has 2 unspecified atom stereocenters. The summed E-state index contributed by atoms with van der Waals surface area (Å²) in [6.07, 6.45) is 1.39. The second kappa shape index (κ2) is 2.77. The van der Waals surface area contributed by atoms with Crippen LogP contribution in [0.5, 0.6) is 0 Å². The number of carbonyl (C=O) groups excluding carboxylic acids is 1. The van der Waals surface area contributed by atoms with Gasteiger partial charge in [0.05, 0.1) is 13.0 Å². The maximum absolute atomic E-state index is 11.1. The lowest BCUT2D eigenvalue weighted by atomic mass is 10.1. The standard InChI is InChI=1S/C8H13NO3/c1-8(2)5(4-9-11)6(8)7(10)12-3/h4-6,11H,1-3H3. The molecule has 0 bridgehead atoms. The van der Waals surface area contributed by atoms with Gasteiger partial charge in [-0.05, 0) is 5.41 Å². The van der Waals surface area contributed by atoms with E-state index in [0.29, 0.717) is 0 Å². The first-order valence-corrected chi connectivity index (χ1v) is 3.81. The zero-order chi connectivity index (χ0) is 9.35. The minimum absolute atomic E-state index is 0.00921. The Balaban J connectivity index is 2.66. The molecule has 1 aliphatic rings. The molecule has 1 rings (SSSR count). The van der Waals surface area contributed by atoms with Crippen molar-refractivity contribution in [2.24, 2.45) is 22.4 Å². The summed E-state index contributed by atoms with van der Waals surface area (Å²) in [4.78, 5) is 11.1. The van der Waals surface area contributed by atoms with Crippen LogP contribution in [-0.4, -0.2) is 24.5 Å². The number of methoxy groups -OCH3 is 1. The van der Waals surface area contributed by atoms with Crippen LogP contribution in [0.4, 0.5) is 0 Å². The molecule has 4 heteroatoms. The molecule has 0 aromatic rings. The molecular formula is C8H13NO3. The summed E-state index contributed by atoms with van der Waals surface area (Å²) in [6.45, 7) is 3.89. The van der Waals surface area contributed by atoms with E-state index in [4.69, 9.17) is 5.21 Å². The first-order valence-electron chi connectivity index (χ1n) is 3.81. The predicted octanol–water partition coefficient (Wildman–Crippen LogP) is 0.892. The number of esters is 1. The van der Waals surface area contributed by atoms with Gasteiger partial charge in [0.15, 0.2) is 0 Å². The molecule has 1 fully saturated rings. The van der Waals surface area contributed by atoms with Crippen LogP contribution in [0.3, 0.4) is 0 Å². The normalized spacial score (nSPS) is 31.9. The zero-order valence-corrected chi connectivity index (χ0v) is 7.44. The highest BCUT2D eigenvalue weighted by molar-refractivity contribution is 5.85. The summed E-state index contributed by atoms with van der Waals surface area (Å²) in [7, 11) is 1.36. The molecule has 0 radical (unpaired) electrons. The summed E-state index contributed by atoms with van der Waals surface area (Å²) in [5.41, 5.74) is -0.126. The lowest BCUT2D eigenvalue weighted by Crippen LogP contribution is -2.07. The molecule has 0 saturated heterocycles. The SMILES string of the molecule is COC(=O)C1C(C=NO)C1(C)C. The molecule has 0 aromatic heterocycles. The van der Waals surface area contributed by atoms with Crippen LogP contribution in [0.15, 0.2) is 5.16 Å². The molecule has 0 aromatic carbocycles. The number of carbonyl (C=O) groups is 1. The van der Waals surface area contributed by atoms with Gasteiger partial charge in [-0.1, -0.05) is 13.8 Å². The average molecular weight is 171 g/mol. The Kier molecular flexibility index (Phi) is 2.08. The van der Waals surface area contributed by atoms with Crippen LogP contribution in [0, 0.1) is 17.3 Å². The van der Waals surface area contributed by atoms with E-state index in [1.807, 2.05) is 13.8 Å². The summed E-state index contributed by atoms with van der Waals surface area (Å²) < 4.78 is 4.60. The number of oxime groups is 1. The van der Waals surface area contributed by atoms with Gasteiger partial charge in [-0.3, -0.25) is 4.79 Å². The van der Waals surface area contributed by atoms with Gasteiger partial charge in [-0.25, -0.2) is 0 Å². The quantitative estimate of drug-likeness (QED) is 0.290. The van der Waals surface area contributed by atoms with Crippen molar-refractivity contribution in [3.05, 3.63) is 0 Å². The van der Waals surface area contributed by atoms with Crippen molar-refractivity contribution in [2.45, 2.75) is 13.8 Å². The first-order chi connectivity index (χ1) is 5.55. The molecule has 1 N–H and O–H groups in total. The van der Waals surface area contributed by atoms with E-state index < -0.39 is 0 Å².